The zero-order valence-electron chi connectivity index (χ0n) is 15.7. The van der Waals surface area contributed by atoms with Crippen molar-refractivity contribution in [3.8, 4) is 17.1 Å². The Morgan fingerprint density at radius 3 is 2.41 bits per heavy atom. The van der Waals surface area contributed by atoms with Crippen molar-refractivity contribution in [3.63, 3.8) is 0 Å². The molecule has 4 aromatic carbocycles. The summed E-state index contributed by atoms with van der Waals surface area (Å²) in [6.07, 6.45) is 0. The van der Waals surface area contributed by atoms with Crippen molar-refractivity contribution in [1.82, 2.24) is 0 Å². The summed E-state index contributed by atoms with van der Waals surface area (Å²) in [7, 11) is 0. The Morgan fingerprint density at radius 1 is 0.724 bits per heavy atom. The molecule has 0 spiro atoms. The minimum Gasteiger partial charge on any atom is -0.489 e. The maximum Gasteiger partial charge on any atom is 0.193 e. The van der Waals surface area contributed by atoms with Gasteiger partial charge in [-0.15, -0.1) is 0 Å². The molecular weight excluding hydrogens is 360 g/mol. The second-order valence-corrected chi connectivity index (χ2v) is 6.93. The van der Waals surface area contributed by atoms with Crippen molar-refractivity contribution in [2.24, 2.45) is 0 Å². The molecule has 0 fully saturated rings. The van der Waals surface area contributed by atoms with Gasteiger partial charge in [0.05, 0.1) is 5.39 Å². The molecule has 140 valence electrons. The first-order chi connectivity index (χ1) is 14.3. The monoisotopic (exact) mass is 378 g/mol. The Balaban J connectivity index is 1.46. The quantitative estimate of drug-likeness (QED) is 0.374. The number of rotatable bonds is 4. The van der Waals surface area contributed by atoms with Crippen molar-refractivity contribution in [1.29, 1.82) is 0 Å². The molecule has 0 saturated carbocycles. The van der Waals surface area contributed by atoms with Gasteiger partial charge in [-0.05, 0) is 34.5 Å². The summed E-state index contributed by atoms with van der Waals surface area (Å²) in [6.45, 7) is 0.431. The summed E-state index contributed by atoms with van der Waals surface area (Å²) >= 11 is 0. The first kappa shape index (κ1) is 17.3. The van der Waals surface area contributed by atoms with Crippen LogP contribution in [0.25, 0.3) is 33.1 Å². The molecule has 3 heteroatoms. The molecule has 0 amide bonds. The minimum atomic E-state index is -0.0827. The van der Waals surface area contributed by atoms with E-state index >= 15 is 0 Å². The Labute approximate surface area is 167 Å². The lowest BCUT2D eigenvalue weighted by atomic mass is 10.1. The van der Waals surface area contributed by atoms with Crippen LogP contribution in [0.15, 0.2) is 106 Å². The second-order valence-electron chi connectivity index (χ2n) is 6.93. The average molecular weight is 378 g/mol. The van der Waals surface area contributed by atoms with Crippen molar-refractivity contribution < 1.29 is 9.15 Å². The van der Waals surface area contributed by atoms with E-state index in [2.05, 4.69) is 24.3 Å². The fourth-order valence-electron chi connectivity index (χ4n) is 3.55. The molecule has 5 rings (SSSR count). The zero-order chi connectivity index (χ0) is 19.6. The maximum atomic E-state index is 12.7. The van der Waals surface area contributed by atoms with Gasteiger partial charge in [-0.3, -0.25) is 4.79 Å². The molecule has 29 heavy (non-hydrogen) atoms. The lowest BCUT2D eigenvalue weighted by Crippen LogP contribution is -2.02. The van der Waals surface area contributed by atoms with Crippen LogP contribution in [0.1, 0.15) is 5.56 Å². The van der Waals surface area contributed by atoms with Crippen molar-refractivity contribution in [2.75, 3.05) is 0 Å². The van der Waals surface area contributed by atoms with Crippen LogP contribution in [0, 0.1) is 0 Å². The lowest BCUT2D eigenvalue weighted by molar-refractivity contribution is 0.308. The summed E-state index contributed by atoms with van der Waals surface area (Å²) in [5, 5.41) is 2.86. The summed E-state index contributed by atoms with van der Waals surface area (Å²) in [6, 6.07) is 30.9. The molecule has 0 aliphatic heterocycles. The first-order valence-corrected chi connectivity index (χ1v) is 9.51. The molecular formula is C26H18O3. The van der Waals surface area contributed by atoms with Crippen LogP contribution in [0.2, 0.25) is 0 Å². The van der Waals surface area contributed by atoms with Gasteiger partial charge in [-0.25, -0.2) is 0 Å². The fraction of sp³-hybridized carbons (Fsp3) is 0.0385. The first-order valence-electron chi connectivity index (χ1n) is 9.51. The van der Waals surface area contributed by atoms with Crippen LogP contribution in [0.5, 0.6) is 5.75 Å². The van der Waals surface area contributed by atoms with E-state index in [9.17, 15) is 4.79 Å². The number of benzene rings is 4. The standard InChI is InChI=1S/C26H18O3/c27-24-16-26(19-8-2-1-3-9-19)29-25-14-13-21(15-23(24)25)28-17-20-11-6-10-18-7-4-5-12-22(18)20/h1-16H,17H2. The van der Waals surface area contributed by atoms with Gasteiger partial charge in [0, 0.05) is 11.6 Å². The number of ether oxygens (including phenoxy) is 1. The third kappa shape index (κ3) is 3.39. The summed E-state index contributed by atoms with van der Waals surface area (Å²) in [5.74, 6) is 1.21. The topological polar surface area (TPSA) is 39.4 Å². The SMILES string of the molecule is O=c1cc(-c2ccccc2)oc2ccc(OCc3cccc4ccccc34)cc12. The van der Waals surface area contributed by atoms with Gasteiger partial charge in [0.25, 0.3) is 0 Å². The van der Waals surface area contributed by atoms with Gasteiger partial charge in [0.15, 0.2) is 5.43 Å². The third-order valence-corrected chi connectivity index (χ3v) is 5.03. The minimum absolute atomic E-state index is 0.0827. The molecule has 1 aromatic heterocycles. The molecule has 0 aliphatic carbocycles. The molecule has 0 radical (unpaired) electrons. The maximum absolute atomic E-state index is 12.7. The molecule has 3 nitrogen and oxygen atoms in total. The van der Waals surface area contributed by atoms with E-state index in [0.717, 1.165) is 11.1 Å². The van der Waals surface area contributed by atoms with Crippen LogP contribution in [0.4, 0.5) is 0 Å². The van der Waals surface area contributed by atoms with E-state index in [1.807, 2.05) is 54.6 Å². The summed E-state index contributed by atoms with van der Waals surface area (Å²) in [4.78, 5) is 12.7. The van der Waals surface area contributed by atoms with E-state index in [0.29, 0.717) is 29.1 Å². The van der Waals surface area contributed by atoms with E-state index < -0.39 is 0 Å². The van der Waals surface area contributed by atoms with Crippen LogP contribution in [-0.4, -0.2) is 0 Å². The van der Waals surface area contributed by atoms with Gasteiger partial charge in [0.1, 0.15) is 23.7 Å². The fourth-order valence-corrected chi connectivity index (χ4v) is 3.55. The normalized spacial score (nSPS) is 11.0. The van der Waals surface area contributed by atoms with Gasteiger partial charge < -0.3 is 9.15 Å². The van der Waals surface area contributed by atoms with Gasteiger partial charge in [-0.2, -0.15) is 0 Å². The highest BCUT2D eigenvalue weighted by atomic mass is 16.5. The number of hydrogen-bond donors (Lipinski definition) is 0. The Hall–Kier alpha value is -3.85. The highest BCUT2D eigenvalue weighted by molar-refractivity contribution is 5.85. The van der Waals surface area contributed by atoms with Gasteiger partial charge in [0.2, 0.25) is 0 Å². The van der Waals surface area contributed by atoms with Crippen molar-refractivity contribution in [2.45, 2.75) is 6.61 Å². The van der Waals surface area contributed by atoms with Gasteiger partial charge in [-0.1, -0.05) is 72.8 Å². The Morgan fingerprint density at radius 2 is 1.52 bits per heavy atom. The number of hydrogen-bond acceptors (Lipinski definition) is 3. The van der Waals surface area contributed by atoms with E-state index in [1.54, 1.807) is 12.1 Å². The predicted octanol–water partition coefficient (Wildman–Crippen LogP) is 6.19. The average Bonchev–Trinajstić information content (AvgIpc) is 2.78. The van der Waals surface area contributed by atoms with Crippen LogP contribution in [-0.2, 0) is 6.61 Å². The molecule has 0 aliphatic rings. The smallest absolute Gasteiger partial charge is 0.193 e. The Kier molecular flexibility index (Phi) is 4.34. The van der Waals surface area contributed by atoms with E-state index in [-0.39, 0.29) is 5.43 Å². The van der Waals surface area contributed by atoms with E-state index in [1.165, 1.54) is 16.8 Å². The third-order valence-electron chi connectivity index (χ3n) is 5.03. The van der Waals surface area contributed by atoms with Crippen LogP contribution >= 0.6 is 0 Å². The zero-order valence-corrected chi connectivity index (χ0v) is 15.7. The molecule has 0 saturated heterocycles. The summed E-state index contributed by atoms with van der Waals surface area (Å²) in [5.41, 5.74) is 2.45. The van der Waals surface area contributed by atoms with E-state index in [4.69, 9.17) is 9.15 Å². The van der Waals surface area contributed by atoms with Gasteiger partial charge >= 0.3 is 0 Å². The molecule has 0 N–H and O–H groups in total. The number of fused-ring (bicyclic) bond motifs is 2. The second kappa shape index (κ2) is 7.28. The lowest BCUT2D eigenvalue weighted by Gasteiger charge is -2.10. The molecule has 0 bridgehead atoms. The molecule has 0 atom stereocenters. The molecule has 0 unspecified atom stereocenters. The van der Waals surface area contributed by atoms with Crippen LogP contribution < -0.4 is 10.2 Å². The van der Waals surface area contributed by atoms with Crippen molar-refractivity contribution >= 4 is 21.7 Å². The molecule has 5 aromatic rings. The molecule has 1 heterocycles. The highest BCUT2D eigenvalue weighted by Gasteiger charge is 2.09. The Bertz CT molecular complexity index is 1360. The largest absolute Gasteiger partial charge is 0.489 e. The summed E-state index contributed by atoms with van der Waals surface area (Å²) < 4.78 is 11.9. The highest BCUT2D eigenvalue weighted by Crippen LogP contribution is 2.26. The van der Waals surface area contributed by atoms with Crippen LogP contribution in [0.3, 0.4) is 0 Å². The predicted molar refractivity (Wildman–Crippen MR) is 116 cm³/mol. The van der Waals surface area contributed by atoms with Crippen molar-refractivity contribution in [3.05, 3.63) is 113 Å².